The number of benzene rings is 1. The van der Waals surface area contributed by atoms with Crippen LogP contribution in [0.25, 0.3) is 0 Å². The van der Waals surface area contributed by atoms with Gasteiger partial charge in [0.25, 0.3) is 0 Å². The fourth-order valence-corrected chi connectivity index (χ4v) is 1.83. The van der Waals surface area contributed by atoms with Crippen LogP contribution < -0.4 is 10.1 Å². The van der Waals surface area contributed by atoms with Crippen LogP contribution in [0, 0.1) is 0 Å². The van der Waals surface area contributed by atoms with E-state index in [1.165, 1.54) is 7.11 Å². The van der Waals surface area contributed by atoms with Gasteiger partial charge in [-0.25, -0.2) is 9.59 Å². The SMILES string of the molecule is CCCCCC(=O)C(NC(=O)Oc1ccccc1)C(=O)OC. The van der Waals surface area contributed by atoms with Crippen molar-refractivity contribution in [3.05, 3.63) is 30.3 Å². The van der Waals surface area contributed by atoms with E-state index in [2.05, 4.69) is 10.1 Å². The standard InChI is InChI=1S/C16H21NO5/c1-3-4-6-11-13(18)14(15(19)21-2)17-16(20)22-12-9-7-5-8-10-12/h5,7-10,14H,3-4,6,11H2,1-2H3,(H,17,20). The van der Waals surface area contributed by atoms with Gasteiger partial charge in [-0.3, -0.25) is 4.79 Å². The molecule has 120 valence electrons. The molecule has 0 aliphatic rings. The molecule has 0 heterocycles. The molecule has 1 aromatic rings. The highest BCUT2D eigenvalue weighted by Gasteiger charge is 2.29. The van der Waals surface area contributed by atoms with Crippen molar-refractivity contribution in [3.8, 4) is 5.75 Å². The molecule has 22 heavy (non-hydrogen) atoms. The lowest BCUT2D eigenvalue weighted by Gasteiger charge is -2.15. The van der Waals surface area contributed by atoms with Crippen molar-refractivity contribution in [1.29, 1.82) is 0 Å². The average molecular weight is 307 g/mol. The molecule has 1 rings (SSSR count). The van der Waals surface area contributed by atoms with Crippen molar-refractivity contribution < 1.29 is 23.9 Å². The molecule has 0 aliphatic heterocycles. The van der Waals surface area contributed by atoms with Gasteiger partial charge >= 0.3 is 12.1 Å². The van der Waals surface area contributed by atoms with Crippen molar-refractivity contribution in [2.75, 3.05) is 7.11 Å². The molecule has 1 amide bonds. The molecule has 0 radical (unpaired) electrons. The summed E-state index contributed by atoms with van der Waals surface area (Å²) >= 11 is 0. The first-order valence-corrected chi connectivity index (χ1v) is 7.22. The first-order valence-electron chi connectivity index (χ1n) is 7.22. The number of hydrogen-bond acceptors (Lipinski definition) is 5. The van der Waals surface area contributed by atoms with Gasteiger partial charge in [-0.2, -0.15) is 0 Å². The Labute approximate surface area is 129 Å². The van der Waals surface area contributed by atoms with E-state index in [1.807, 2.05) is 6.92 Å². The van der Waals surface area contributed by atoms with E-state index < -0.39 is 18.1 Å². The van der Waals surface area contributed by atoms with Gasteiger partial charge in [0.15, 0.2) is 11.8 Å². The smallest absolute Gasteiger partial charge is 0.413 e. The molecule has 0 saturated heterocycles. The van der Waals surface area contributed by atoms with Crippen molar-refractivity contribution in [2.24, 2.45) is 0 Å². The maximum absolute atomic E-state index is 12.0. The number of carbonyl (C=O) groups excluding carboxylic acids is 3. The summed E-state index contributed by atoms with van der Waals surface area (Å²) in [5.41, 5.74) is 0. The number of rotatable bonds is 8. The van der Waals surface area contributed by atoms with Crippen LogP contribution in [-0.4, -0.2) is 31.0 Å². The zero-order valence-corrected chi connectivity index (χ0v) is 12.8. The van der Waals surface area contributed by atoms with Gasteiger partial charge in [0.05, 0.1) is 7.11 Å². The Morgan fingerprint density at radius 2 is 1.82 bits per heavy atom. The molecule has 0 aromatic heterocycles. The van der Waals surface area contributed by atoms with Crippen molar-refractivity contribution >= 4 is 17.8 Å². The Balaban J connectivity index is 2.62. The van der Waals surface area contributed by atoms with E-state index in [0.29, 0.717) is 12.2 Å². The summed E-state index contributed by atoms with van der Waals surface area (Å²) in [5.74, 6) is -0.862. The van der Waals surface area contributed by atoms with E-state index in [1.54, 1.807) is 30.3 Å². The predicted molar refractivity (Wildman–Crippen MR) is 80.6 cm³/mol. The average Bonchev–Trinajstić information content (AvgIpc) is 2.53. The normalized spacial score (nSPS) is 11.4. The minimum absolute atomic E-state index is 0.208. The summed E-state index contributed by atoms with van der Waals surface area (Å²) in [6.45, 7) is 2.01. The number of nitrogens with one attached hydrogen (secondary N) is 1. The van der Waals surface area contributed by atoms with Crippen molar-refractivity contribution in [2.45, 2.75) is 38.6 Å². The van der Waals surface area contributed by atoms with E-state index in [9.17, 15) is 14.4 Å². The maximum Gasteiger partial charge on any atom is 0.413 e. The topological polar surface area (TPSA) is 81.7 Å². The molecule has 0 aliphatic carbocycles. The minimum atomic E-state index is -1.34. The Bertz CT molecular complexity index is 501. The van der Waals surface area contributed by atoms with E-state index >= 15 is 0 Å². The summed E-state index contributed by atoms with van der Waals surface area (Å²) < 4.78 is 9.57. The molecule has 6 heteroatoms. The van der Waals surface area contributed by atoms with Gasteiger partial charge < -0.3 is 14.8 Å². The molecule has 1 N–H and O–H groups in total. The lowest BCUT2D eigenvalue weighted by Crippen LogP contribution is -2.48. The highest BCUT2D eigenvalue weighted by molar-refractivity contribution is 6.05. The van der Waals surface area contributed by atoms with E-state index in [0.717, 1.165) is 12.8 Å². The second-order valence-corrected chi connectivity index (χ2v) is 4.73. The molecule has 6 nitrogen and oxygen atoms in total. The summed E-state index contributed by atoms with van der Waals surface area (Å²) in [5, 5.41) is 2.26. The monoisotopic (exact) mass is 307 g/mol. The number of ketones is 1. The van der Waals surface area contributed by atoms with Gasteiger partial charge in [0.1, 0.15) is 5.75 Å². The molecule has 0 spiro atoms. The van der Waals surface area contributed by atoms with Crippen LogP contribution in [0.1, 0.15) is 32.6 Å². The lowest BCUT2D eigenvalue weighted by atomic mass is 10.1. The number of esters is 1. The van der Waals surface area contributed by atoms with Crippen molar-refractivity contribution in [1.82, 2.24) is 5.32 Å². The maximum atomic E-state index is 12.0. The molecule has 0 fully saturated rings. The summed E-state index contributed by atoms with van der Waals surface area (Å²) in [6.07, 6.45) is 1.84. The third-order valence-corrected chi connectivity index (χ3v) is 3.00. The first kappa shape index (κ1) is 17.7. The third-order valence-electron chi connectivity index (χ3n) is 3.00. The molecular formula is C16H21NO5. The van der Waals surface area contributed by atoms with Gasteiger partial charge in [-0.05, 0) is 18.6 Å². The van der Waals surface area contributed by atoms with Crippen LogP contribution in [0.2, 0.25) is 0 Å². The van der Waals surface area contributed by atoms with Gasteiger partial charge in [-0.1, -0.05) is 38.0 Å². The largest absolute Gasteiger partial charge is 0.467 e. The molecule has 1 unspecified atom stereocenters. The Kier molecular flexibility index (Phi) is 7.67. The van der Waals surface area contributed by atoms with Crippen LogP contribution in [0.5, 0.6) is 5.75 Å². The van der Waals surface area contributed by atoms with E-state index in [-0.39, 0.29) is 12.2 Å². The number of carbonyl (C=O) groups is 3. The number of amides is 1. The van der Waals surface area contributed by atoms with Crippen molar-refractivity contribution in [3.63, 3.8) is 0 Å². The quantitative estimate of drug-likeness (QED) is 0.453. The van der Waals surface area contributed by atoms with E-state index in [4.69, 9.17) is 4.74 Å². The minimum Gasteiger partial charge on any atom is -0.467 e. The Hall–Kier alpha value is -2.37. The number of unbranched alkanes of at least 4 members (excludes halogenated alkanes) is 2. The second kappa shape index (κ2) is 9.55. The lowest BCUT2D eigenvalue weighted by molar-refractivity contribution is -0.146. The summed E-state index contributed by atoms with van der Waals surface area (Å²) in [4.78, 5) is 35.5. The fraction of sp³-hybridized carbons (Fsp3) is 0.438. The van der Waals surface area contributed by atoms with Gasteiger partial charge in [0, 0.05) is 6.42 Å². The summed E-state index contributed by atoms with van der Waals surface area (Å²) in [6, 6.07) is 7.04. The molecular weight excluding hydrogens is 286 g/mol. The van der Waals surface area contributed by atoms with Crippen LogP contribution in [-0.2, 0) is 14.3 Å². The van der Waals surface area contributed by atoms with Crippen LogP contribution >= 0.6 is 0 Å². The highest BCUT2D eigenvalue weighted by Crippen LogP contribution is 2.09. The van der Waals surface area contributed by atoms with Crippen LogP contribution in [0.4, 0.5) is 4.79 Å². The van der Waals surface area contributed by atoms with Gasteiger partial charge in [0.2, 0.25) is 0 Å². The Morgan fingerprint density at radius 3 is 2.41 bits per heavy atom. The first-order chi connectivity index (χ1) is 10.6. The molecule has 0 saturated carbocycles. The summed E-state index contributed by atoms with van der Waals surface area (Å²) in [7, 11) is 1.17. The molecule has 1 aromatic carbocycles. The van der Waals surface area contributed by atoms with Gasteiger partial charge in [-0.15, -0.1) is 0 Å². The fourth-order valence-electron chi connectivity index (χ4n) is 1.83. The highest BCUT2D eigenvalue weighted by atomic mass is 16.6. The number of Topliss-reactive ketones (excluding diaryl/α,β-unsaturated/α-hetero) is 1. The number of para-hydroxylation sites is 1. The molecule has 0 bridgehead atoms. The number of ether oxygens (including phenoxy) is 2. The number of hydrogen-bond donors (Lipinski definition) is 1. The second-order valence-electron chi connectivity index (χ2n) is 4.73. The predicted octanol–water partition coefficient (Wildman–Crippen LogP) is 2.47. The number of methoxy groups -OCH3 is 1. The van der Waals surface area contributed by atoms with Crippen LogP contribution in [0.3, 0.4) is 0 Å². The zero-order chi connectivity index (χ0) is 16.4. The molecule has 1 atom stereocenters. The van der Waals surface area contributed by atoms with Crippen LogP contribution in [0.15, 0.2) is 30.3 Å². The third kappa shape index (κ3) is 5.95. The Morgan fingerprint density at radius 1 is 1.14 bits per heavy atom. The zero-order valence-electron chi connectivity index (χ0n) is 12.8.